The number of hydrogen-bond donors (Lipinski definition) is 2. The fourth-order valence-corrected chi connectivity index (χ4v) is 6.69. The lowest BCUT2D eigenvalue weighted by molar-refractivity contribution is -0.136. The Bertz CT molecular complexity index is 992. The van der Waals surface area contributed by atoms with E-state index in [1.807, 2.05) is 18.9 Å². The Kier molecular flexibility index (Phi) is 5.19. The molecule has 2 aromatic heterocycles. The van der Waals surface area contributed by atoms with E-state index < -0.39 is 5.60 Å². The Morgan fingerprint density at radius 2 is 2.00 bits per heavy atom. The van der Waals surface area contributed by atoms with E-state index >= 15 is 0 Å². The number of carbonyl (C=O) groups is 1. The van der Waals surface area contributed by atoms with Gasteiger partial charge in [0.2, 0.25) is 0 Å². The van der Waals surface area contributed by atoms with Crippen LogP contribution in [0, 0.1) is 17.8 Å². The van der Waals surface area contributed by atoms with Crippen molar-refractivity contribution in [2.45, 2.75) is 57.2 Å². The lowest BCUT2D eigenvalue weighted by atomic mass is 9.52. The highest BCUT2D eigenvalue weighted by Crippen LogP contribution is 2.55. The predicted octanol–water partition coefficient (Wildman–Crippen LogP) is 4.04. The van der Waals surface area contributed by atoms with Crippen molar-refractivity contribution in [3.63, 3.8) is 0 Å². The molecule has 2 unspecified atom stereocenters. The van der Waals surface area contributed by atoms with Crippen molar-refractivity contribution in [2.75, 3.05) is 11.9 Å². The Balaban J connectivity index is 1.39. The zero-order valence-electron chi connectivity index (χ0n) is 17.7. The Morgan fingerprint density at radius 3 is 2.58 bits per heavy atom. The molecular formula is C22H27Cl2N5O2. The second-order valence-electron chi connectivity index (χ2n) is 9.39. The first kappa shape index (κ1) is 21.0. The molecule has 4 saturated carbocycles. The molecule has 1 amide bonds. The van der Waals surface area contributed by atoms with Crippen LogP contribution in [-0.4, -0.2) is 44.5 Å². The highest BCUT2D eigenvalue weighted by atomic mass is 35.5. The number of pyridine rings is 1. The number of aliphatic hydroxyl groups is 1. The highest BCUT2D eigenvalue weighted by Gasteiger charge is 2.55. The standard InChI is InChI=1S/C22H27Cl2N5O2/c1-3-29-21(28(2)16-5-4-15(23)11-25-16)17(24)19(27-29)20(30)26-18-13-6-12-7-14(18)10-22(31,8-12)9-13/h4-5,11-14,18,31H,3,6-10H2,1-2H3,(H,26,30). The molecule has 4 aliphatic carbocycles. The zero-order valence-corrected chi connectivity index (χ0v) is 19.2. The minimum Gasteiger partial charge on any atom is -0.390 e. The molecule has 2 N–H and O–H groups in total. The summed E-state index contributed by atoms with van der Waals surface area (Å²) in [5.74, 6) is 2.26. The fraction of sp³-hybridized carbons (Fsp3) is 0.591. The molecule has 0 radical (unpaired) electrons. The van der Waals surface area contributed by atoms with Gasteiger partial charge in [-0.2, -0.15) is 5.10 Å². The van der Waals surface area contributed by atoms with Crippen LogP contribution < -0.4 is 10.2 Å². The van der Waals surface area contributed by atoms with E-state index in [9.17, 15) is 9.90 Å². The lowest BCUT2D eigenvalue weighted by Gasteiger charge is -2.58. The predicted molar refractivity (Wildman–Crippen MR) is 120 cm³/mol. The molecule has 0 spiro atoms. The van der Waals surface area contributed by atoms with Gasteiger partial charge >= 0.3 is 0 Å². The van der Waals surface area contributed by atoms with Crippen LogP contribution in [0.15, 0.2) is 18.3 Å². The number of nitrogens with one attached hydrogen (secondary N) is 1. The Hall–Kier alpha value is -1.83. The topological polar surface area (TPSA) is 83.3 Å². The number of nitrogens with zero attached hydrogens (tertiary/aromatic N) is 4. The van der Waals surface area contributed by atoms with Crippen LogP contribution in [-0.2, 0) is 6.54 Å². The molecule has 166 valence electrons. The monoisotopic (exact) mass is 463 g/mol. The van der Waals surface area contributed by atoms with E-state index in [1.165, 1.54) is 0 Å². The average molecular weight is 464 g/mol. The molecule has 7 nitrogen and oxygen atoms in total. The molecule has 0 aliphatic heterocycles. The van der Waals surface area contributed by atoms with Gasteiger partial charge in [0.05, 0.1) is 10.6 Å². The number of rotatable bonds is 5. The number of anilines is 2. The van der Waals surface area contributed by atoms with Gasteiger partial charge in [0.1, 0.15) is 10.8 Å². The molecule has 9 heteroatoms. The van der Waals surface area contributed by atoms with Gasteiger partial charge in [-0.1, -0.05) is 23.2 Å². The summed E-state index contributed by atoms with van der Waals surface area (Å²) in [5, 5.41) is 19.4. The SMILES string of the molecule is CCn1nc(C(=O)NC2C3CC4CC2CC(O)(C4)C3)c(Cl)c1N(C)c1ccc(Cl)cn1. The molecule has 4 aliphatic rings. The molecule has 4 fully saturated rings. The Labute approximate surface area is 191 Å². The molecule has 0 aromatic carbocycles. The van der Waals surface area contributed by atoms with Gasteiger partial charge in [-0.25, -0.2) is 9.67 Å². The summed E-state index contributed by atoms with van der Waals surface area (Å²) in [5.41, 5.74) is -0.299. The van der Waals surface area contributed by atoms with Gasteiger partial charge in [-0.05, 0) is 68.9 Å². The summed E-state index contributed by atoms with van der Waals surface area (Å²) in [6, 6.07) is 3.63. The molecule has 2 heterocycles. The summed E-state index contributed by atoms with van der Waals surface area (Å²) in [6.07, 6.45) is 6.20. The third-order valence-electron chi connectivity index (χ3n) is 7.30. The summed E-state index contributed by atoms with van der Waals surface area (Å²) in [6.45, 7) is 2.51. The van der Waals surface area contributed by atoms with Crippen molar-refractivity contribution in [2.24, 2.45) is 17.8 Å². The van der Waals surface area contributed by atoms with E-state index in [0.29, 0.717) is 46.0 Å². The maximum absolute atomic E-state index is 13.2. The first-order valence-corrected chi connectivity index (χ1v) is 11.7. The normalized spacial score (nSPS) is 31.1. The molecule has 6 rings (SSSR count). The van der Waals surface area contributed by atoms with Crippen LogP contribution in [0.25, 0.3) is 0 Å². The number of aromatic nitrogens is 3. The summed E-state index contributed by atoms with van der Waals surface area (Å²) in [4.78, 5) is 19.4. The second-order valence-corrected chi connectivity index (χ2v) is 10.2. The summed E-state index contributed by atoms with van der Waals surface area (Å²) in [7, 11) is 1.84. The molecular weight excluding hydrogens is 437 g/mol. The third-order valence-corrected chi connectivity index (χ3v) is 7.87. The minimum absolute atomic E-state index is 0.0753. The van der Waals surface area contributed by atoms with Crippen LogP contribution in [0.4, 0.5) is 11.6 Å². The zero-order chi connectivity index (χ0) is 21.9. The van der Waals surface area contributed by atoms with Gasteiger partial charge in [-0.15, -0.1) is 0 Å². The van der Waals surface area contributed by atoms with E-state index in [1.54, 1.807) is 23.0 Å². The Morgan fingerprint density at radius 1 is 1.29 bits per heavy atom. The summed E-state index contributed by atoms with van der Waals surface area (Å²) < 4.78 is 1.72. The van der Waals surface area contributed by atoms with Crippen LogP contribution in [0.5, 0.6) is 0 Å². The highest BCUT2D eigenvalue weighted by molar-refractivity contribution is 6.36. The van der Waals surface area contributed by atoms with Gasteiger partial charge in [0, 0.05) is 25.8 Å². The first-order valence-electron chi connectivity index (χ1n) is 10.9. The van der Waals surface area contributed by atoms with E-state index in [0.717, 1.165) is 32.1 Å². The van der Waals surface area contributed by atoms with E-state index in [4.69, 9.17) is 23.2 Å². The van der Waals surface area contributed by atoms with Crippen LogP contribution in [0.1, 0.15) is 49.5 Å². The quantitative estimate of drug-likeness (QED) is 0.698. The van der Waals surface area contributed by atoms with Crippen molar-refractivity contribution in [1.82, 2.24) is 20.1 Å². The van der Waals surface area contributed by atoms with E-state index in [-0.39, 0.29) is 17.6 Å². The molecule has 4 bridgehead atoms. The number of carbonyl (C=O) groups excluding carboxylic acids is 1. The number of amides is 1. The average Bonchev–Trinajstić information content (AvgIpc) is 3.06. The summed E-state index contributed by atoms with van der Waals surface area (Å²) >= 11 is 12.6. The van der Waals surface area contributed by atoms with Gasteiger partial charge in [0.15, 0.2) is 11.5 Å². The van der Waals surface area contributed by atoms with Crippen molar-refractivity contribution in [3.05, 3.63) is 34.1 Å². The van der Waals surface area contributed by atoms with Crippen LogP contribution in [0.3, 0.4) is 0 Å². The lowest BCUT2D eigenvalue weighted by Crippen LogP contribution is -2.61. The number of hydrogen-bond acceptors (Lipinski definition) is 5. The molecule has 2 atom stereocenters. The van der Waals surface area contributed by atoms with Gasteiger partial charge in [-0.3, -0.25) is 4.79 Å². The largest absolute Gasteiger partial charge is 0.390 e. The van der Waals surface area contributed by atoms with Crippen LogP contribution in [0.2, 0.25) is 10.0 Å². The fourth-order valence-electron chi connectivity index (χ4n) is 6.23. The minimum atomic E-state index is -0.527. The maximum atomic E-state index is 13.2. The van der Waals surface area contributed by atoms with Crippen molar-refractivity contribution < 1.29 is 9.90 Å². The second kappa shape index (κ2) is 7.64. The number of aryl methyl sites for hydroxylation is 1. The smallest absolute Gasteiger partial charge is 0.273 e. The molecule has 2 aromatic rings. The molecule has 31 heavy (non-hydrogen) atoms. The van der Waals surface area contributed by atoms with Gasteiger partial charge in [0.25, 0.3) is 5.91 Å². The molecule has 0 saturated heterocycles. The van der Waals surface area contributed by atoms with Crippen molar-refractivity contribution in [1.29, 1.82) is 0 Å². The van der Waals surface area contributed by atoms with Crippen molar-refractivity contribution in [3.8, 4) is 0 Å². The number of halogens is 2. The van der Waals surface area contributed by atoms with Crippen LogP contribution >= 0.6 is 23.2 Å². The van der Waals surface area contributed by atoms with Gasteiger partial charge < -0.3 is 15.3 Å². The van der Waals surface area contributed by atoms with E-state index in [2.05, 4.69) is 15.4 Å². The maximum Gasteiger partial charge on any atom is 0.273 e. The third kappa shape index (κ3) is 3.60. The van der Waals surface area contributed by atoms with Crippen molar-refractivity contribution >= 4 is 40.7 Å². The first-order chi connectivity index (χ1) is 14.8.